The van der Waals surface area contributed by atoms with E-state index in [0.29, 0.717) is 10.6 Å². The second kappa shape index (κ2) is 6.34. The van der Waals surface area contributed by atoms with Crippen LogP contribution >= 0.6 is 11.6 Å². The number of rotatable bonds is 3. The van der Waals surface area contributed by atoms with E-state index in [-0.39, 0.29) is 0 Å². The third-order valence-electron chi connectivity index (χ3n) is 3.71. The molecule has 6 heteroatoms. The van der Waals surface area contributed by atoms with Crippen molar-refractivity contribution < 1.29 is 0 Å². The van der Waals surface area contributed by atoms with Crippen LogP contribution in [0.25, 0.3) is 22.2 Å². The maximum absolute atomic E-state index is 9.65. The lowest BCUT2D eigenvalue weighted by molar-refractivity contribution is 0.643. The molecule has 0 fully saturated rings. The summed E-state index contributed by atoms with van der Waals surface area (Å²) in [7, 11) is 5.73. The number of benzene rings is 1. The minimum Gasteiger partial charge on any atom is -0.369 e. The number of fused-ring (bicyclic) bond motifs is 1. The van der Waals surface area contributed by atoms with Crippen LogP contribution in [-0.2, 0) is 7.05 Å². The molecule has 0 radical (unpaired) electrons. The van der Waals surface area contributed by atoms with Gasteiger partial charge in [-0.25, -0.2) is 4.99 Å². The Labute approximate surface area is 145 Å². The summed E-state index contributed by atoms with van der Waals surface area (Å²) in [6.45, 7) is 0. The van der Waals surface area contributed by atoms with Crippen LogP contribution in [-0.4, -0.2) is 34.9 Å². The van der Waals surface area contributed by atoms with Crippen molar-refractivity contribution in [1.29, 1.82) is 5.26 Å². The molecule has 0 bridgehead atoms. The van der Waals surface area contributed by atoms with Crippen LogP contribution in [0.1, 0.15) is 5.56 Å². The Balaban J connectivity index is 2.21. The molecule has 24 heavy (non-hydrogen) atoms. The fourth-order valence-corrected chi connectivity index (χ4v) is 2.84. The van der Waals surface area contributed by atoms with Crippen molar-refractivity contribution in [2.24, 2.45) is 12.0 Å². The average Bonchev–Trinajstić information content (AvgIpc) is 2.85. The zero-order chi connectivity index (χ0) is 17.3. The molecule has 1 aromatic carbocycles. The van der Waals surface area contributed by atoms with Gasteiger partial charge in [0.2, 0.25) is 0 Å². The molecule has 2 heterocycles. The molecule has 0 spiro atoms. The van der Waals surface area contributed by atoms with Gasteiger partial charge in [-0.1, -0.05) is 11.6 Å². The van der Waals surface area contributed by atoms with Gasteiger partial charge in [-0.3, -0.25) is 4.98 Å². The minimum atomic E-state index is 0.611. The van der Waals surface area contributed by atoms with Crippen LogP contribution in [0.5, 0.6) is 0 Å². The number of hydrogen-bond donors (Lipinski definition) is 0. The Morgan fingerprint density at radius 2 is 2.08 bits per heavy atom. The van der Waals surface area contributed by atoms with Gasteiger partial charge < -0.3 is 9.47 Å². The minimum absolute atomic E-state index is 0.611. The van der Waals surface area contributed by atoms with Gasteiger partial charge in [-0.15, -0.1) is 0 Å². The topological polar surface area (TPSA) is 57.2 Å². The maximum Gasteiger partial charge on any atom is 0.102 e. The largest absolute Gasteiger partial charge is 0.369 e. The lowest BCUT2D eigenvalue weighted by Gasteiger charge is -2.06. The summed E-state index contributed by atoms with van der Waals surface area (Å²) in [4.78, 5) is 10.5. The number of nitrogens with zero attached hydrogens (tertiary/aromatic N) is 5. The highest BCUT2D eigenvalue weighted by molar-refractivity contribution is 6.31. The molecule has 0 atom stereocenters. The SMILES string of the molecule is CN(C)/C=N\c1cncc(-c2c(C#N)c3ccc(Cl)cc3n2C)c1. The molecule has 2 aromatic heterocycles. The smallest absolute Gasteiger partial charge is 0.102 e. The van der Waals surface area contributed by atoms with Crippen molar-refractivity contribution in [1.82, 2.24) is 14.5 Å². The molecule has 0 N–H and O–H groups in total. The zero-order valence-electron chi connectivity index (χ0n) is 13.7. The number of aliphatic imine (C=N–C) groups is 1. The van der Waals surface area contributed by atoms with Gasteiger partial charge in [0.15, 0.2) is 0 Å². The lowest BCUT2D eigenvalue weighted by atomic mass is 10.1. The van der Waals surface area contributed by atoms with E-state index < -0.39 is 0 Å². The van der Waals surface area contributed by atoms with Gasteiger partial charge in [0.25, 0.3) is 0 Å². The van der Waals surface area contributed by atoms with E-state index in [4.69, 9.17) is 11.6 Å². The highest BCUT2D eigenvalue weighted by Gasteiger charge is 2.17. The van der Waals surface area contributed by atoms with E-state index in [1.54, 1.807) is 24.8 Å². The van der Waals surface area contributed by atoms with E-state index in [2.05, 4.69) is 16.0 Å². The molecule has 0 saturated heterocycles. The van der Waals surface area contributed by atoms with Gasteiger partial charge in [0, 0.05) is 43.3 Å². The number of halogens is 1. The first-order valence-corrected chi connectivity index (χ1v) is 7.73. The van der Waals surface area contributed by atoms with Crippen molar-refractivity contribution in [3.05, 3.63) is 47.2 Å². The van der Waals surface area contributed by atoms with Crippen molar-refractivity contribution in [2.45, 2.75) is 0 Å². The Kier molecular flexibility index (Phi) is 4.24. The fraction of sp³-hybridized carbons (Fsp3) is 0.167. The number of aryl methyl sites for hydroxylation is 1. The normalized spacial score (nSPS) is 11.1. The molecule has 3 aromatic rings. The quantitative estimate of drug-likeness (QED) is 0.536. The highest BCUT2D eigenvalue weighted by atomic mass is 35.5. The monoisotopic (exact) mass is 337 g/mol. The number of hydrogen-bond acceptors (Lipinski definition) is 3. The Hall–Kier alpha value is -2.84. The summed E-state index contributed by atoms with van der Waals surface area (Å²) in [5.41, 5.74) is 3.91. The maximum atomic E-state index is 9.65. The van der Waals surface area contributed by atoms with Crippen LogP contribution in [0.15, 0.2) is 41.7 Å². The van der Waals surface area contributed by atoms with Gasteiger partial charge in [0.1, 0.15) is 6.07 Å². The van der Waals surface area contributed by atoms with E-state index in [9.17, 15) is 5.26 Å². The van der Waals surface area contributed by atoms with Gasteiger partial charge in [0.05, 0.1) is 35.0 Å². The van der Waals surface area contributed by atoms with E-state index >= 15 is 0 Å². The molecular formula is C18H16ClN5. The lowest BCUT2D eigenvalue weighted by Crippen LogP contribution is -2.06. The number of aromatic nitrogens is 2. The number of nitriles is 1. The van der Waals surface area contributed by atoms with E-state index in [1.807, 2.05) is 48.8 Å². The average molecular weight is 338 g/mol. The summed E-state index contributed by atoms with van der Waals surface area (Å²) in [6.07, 6.45) is 5.15. The Morgan fingerprint density at radius 1 is 1.29 bits per heavy atom. The summed E-state index contributed by atoms with van der Waals surface area (Å²) in [5, 5.41) is 11.2. The first-order valence-electron chi connectivity index (χ1n) is 7.35. The summed E-state index contributed by atoms with van der Waals surface area (Å²) < 4.78 is 1.97. The van der Waals surface area contributed by atoms with Crippen LogP contribution < -0.4 is 0 Å². The van der Waals surface area contributed by atoms with Gasteiger partial charge in [-0.05, 0) is 24.3 Å². The summed E-state index contributed by atoms with van der Waals surface area (Å²) in [6, 6.07) is 9.77. The molecular weight excluding hydrogens is 322 g/mol. The van der Waals surface area contributed by atoms with Gasteiger partial charge >= 0.3 is 0 Å². The molecule has 3 rings (SSSR count). The van der Waals surface area contributed by atoms with Crippen LogP contribution in [0, 0.1) is 11.3 Å². The van der Waals surface area contributed by atoms with Crippen molar-refractivity contribution in [2.75, 3.05) is 14.1 Å². The predicted octanol–water partition coefficient (Wildman–Crippen LogP) is 3.99. The van der Waals surface area contributed by atoms with Crippen LogP contribution in [0.2, 0.25) is 5.02 Å². The fourth-order valence-electron chi connectivity index (χ4n) is 2.67. The molecule has 0 aliphatic carbocycles. The number of pyridine rings is 1. The highest BCUT2D eigenvalue weighted by Crippen LogP contribution is 2.34. The van der Waals surface area contributed by atoms with Crippen molar-refractivity contribution >= 4 is 34.5 Å². The third-order valence-corrected chi connectivity index (χ3v) is 3.94. The first-order chi connectivity index (χ1) is 11.5. The molecule has 0 saturated carbocycles. The third kappa shape index (κ3) is 2.84. The molecule has 0 unspecified atom stereocenters. The van der Waals surface area contributed by atoms with Crippen LogP contribution in [0.4, 0.5) is 5.69 Å². The first kappa shape index (κ1) is 16.0. The van der Waals surface area contributed by atoms with Crippen molar-refractivity contribution in [3.63, 3.8) is 0 Å². The summed E-state index contributed by atoms with van der Waals surface area (Å²) >= 11 is 6.11. The van der Waals surface area contributed by atoms with E-state index in [0.717, 1.165) is 27.8 Å². The van der Waals surface area contributed by atoms with Crippen LogP contribution in [0.3, 0.4) is 0 Å². The molecule has 0 aliphatic heterocycles. The summed E-state index contributed by atoms with van der Waals surface area (Å²) in [5.74, 6) is 0. The Morgan fingerprint density at radius 3 is 2.79 bits per heavy atom. The van der Waals surface area contributed by atoms with E-state index in [1.165, 1.54) is 0 Å². The zero-order valence-corrected chi connectivity index (χ0v) is 14.4. The Bertz CT molecular complexity index is 979. The second-order valence-corrected chi connectivity index (χ2v) is 6.13. The molecule has 120 valence electrons. The molecule has 0 aliphatic rings. The standard InChI is InChI=1S/C18H16ClN5/c1-23(2)11-22-14-6-12(9-21-10-14)18-16(8-20)15-5-4-13(19)7-17(15)24(18)3/h4-7,9-11H,1-3H3/b22-11-. The molecule has 0 amide bonds. The second-order valence-electron chi connectivity index (χ2n) is 5.70. The predicted molar refractivity (Wildman–Crippen MR) is 97.7 cm³/mol. The van der Waals surface area contributed by atoms with Gasteiger partial charge in [-0.2, -0.15) is 5.26 Å². The molecule has 5 nitrogen and oxygen atoms in total. The van der Waals surface area contributed by atoms with Crippen molar-refractivity contribution in [3.8, 4) is 17.3 Å².